The lowest BCUT2D eigenvalue weighted by molar-refractivity contribution is 0.628. The molecular weight excluding hydrogens is 375 g/mol. The predicted octanol–water partition coefficient (Wildman–Crippen LogP) is 4.11. The Morgan fingerprint density at radius 3 is 2.46 bits per heavy atom. The van der Waals surface area contributed by atoms with Crippen molar-refractivity contribution in [2.24, 2.45) is 0 Å². The molecule has 0 spiro atoms. The van der Waals surface area contributed by atoms with E-state index in [-0.39, 0.29) is 11.8 Å². The molecule has 0 saturated carbocycles. The van der Waals surface area contributed by atoms with Crippen molar-refractivity contribution >= 4 is 17.7 Å². The molecule has 0 unspecified atom stereocenters. The number of nitrogen functional groups attached to an aromatic ring is 1. The Kier molecular flexibility index (Phi) is 4.94. The molecule has 0 saturated heterocycles. The highest BCUT2D eigenvalue weighted by Crippen LogP contribution is 2.33. The number of hydrogen-bond acceptors (Lipinski definition) is 7. The van der Waals surface area contributed by atoms with Crippen molar-refractivity contribution in [2.75, 3.05) is 12.0 Å². The molecule has 28 heavy (non-hydrogen) atoms. The van der Waals surface area contributed by atoms with Gasteiger partial charge in [0.1, 0.15) is 10.8 Å². The first-order chi connectivity index (χ1) is 13.7. The summed E-state index contributed by atoms with van der Waals surface area (Å²) < 4.78 is 13.8. The second kappa shape index (κ2) is 7.69. The molecule has 0 aliphatic carbocycles. The average Bonchev–Trinajstić information content (AvgIpc) is 2.74. The summed E-state index contributed by atoms with van der Waals surface area (Å²) in [4.78, 5) is 21.8. The fourth-order valence-electron chi connectivity index (χ4n) is 2.78. The predicted molar refractivity (Wildman–Crippen MR) is 108 cm³/mol. The molecule has 4 aromatic rings. The Morgan fingerprint density at radius 1 is 0.893 bits per heavy atom. The van der Waals surface area contributed by atoms with Crippen molar-refractivity contribution in [3.8, 4) is 33.8 Å². The van der Waals surface area contributed by atoms with Gasteiger partial charge in [0.25, 0.3) is 0 Å². The molecule has 2 N–H and O–H groups in total. The number of thioether (sulfide) groups is 1. The summed E-state index contributed by atoms with van der Waals surface area (Å²) in [5, 5.41) is 0.820. The quantitative estimate of drug-likeness (QED) is 0.525. The van der Waals surface area contributed by atoms with Crippen molar-refractivity contribution in [1.29, 1.82) is 0 Å². The molecule has 3 aromatic heterocycles. The molecule has 6 nitrogen and oxygen atoms in total. The maximum Gasteiger partial charge on any atom is 0.219 e. The molecule has 4 rings (SSSR count). The maximum atomic E-state index is 13.8. The van der Waals surface area contributed by atoms with Crippen LogP contribution in [0.2, 0.25) is 0 Å². The van der Waals surface area contributed by atoms with Crippen LogP contribution in [0.4, 0.5) is 10.3 Å². The van der Waals surface area contributed by atoms with Crippen LogP contribution in [-0.2, 0) is 0 Å². The van der Waals surface area contributed by atoms with Crippen LogP contribution in [-0.4, -0.2) is 31.2 Å². The molecule has 0 atom stereocenters. The van der Waals surface area contributed by atoms with E-state index in [9.17, 15) is 4.39 Å². The minimum absolute atomic E-state index is 0.169. The lowest BCUT2D eigenvalue weighted by Crippen LogP contribution is -2.00. The Labute approximate surface area is 165 Å². The lowest BCUT2D eigenvalue weighted by Gasteiger charge is -2.12. The van der Waals surface area contributed by atoms with E-state index in [4.69, 9.17) is 10.7 Å². The van der Waals surface area contributed by atoms with Gasteiger partial charge in [0.05, 0.1) is 11.3 Å². The van der Waals surface area contributed by atoms with Crippen LogP contribution in [0.25, 0.3) is 33.8 Å². The normalized spacial score (nSPS) is 10.8. The molecule has 1 aromatic carbocycles. The number of halogens is 1. The molecule has 3 heterocycles. The van der Waals surface area contributed by atoms with E-state index in [1.165, 1.54) is 23.9 Å². The summed E-state index contributed by atoms with van der Waals surface area (Å²) >= 11 is 1.51. The maximum absolute atomic E-state index is 13.8. The summed E-state index contributed by atoms with van der Waals surface area (Å²) in [7, 11) is 0. The highest BCUT2D eigenvalue weighted by Gasteiger charge is 2.16. The van der Waals surface area contributed by atoms with Gasteiger partial charge in [-0.25, -0.2) is 29.3 Å². The van der Waals surface area contributed by atoms with Crippen LogP contribution in [0.15, 0.2) is 66.2 Å². The second-order valence-corrected chi connectivity index (χ2v) is 6.65. The number of pyridine rings is 1. The van der Waals surface area contributed by atoms with Gasteiger partial charge in [-0.1, -0.05) is 12.1 Å². The SMILES string of the molecule is CSc1ncccc1-c1ncc(-c2cccc(F)c2)c(-c2cnc(N)nc2)n1. The number of benzene rings is 1. The average molecular weight is 390 g/mol. The topological polar surface area (TPSA) is 90.5 Å². The first-order valence-corrected chi connectivity index (χ1v) is 9.58. The van der Waals surface area contributed by atoms with E-state index >= 15 is 0 Å². The minimum Gasteiger partial charge on any atom is -0.368 e. The van der Waals surface area contributed by atoms with Gasteiger partial charge in [-0.3, -0.25) is 0 Å². The van der Waals surface area contributed by atoms with Crippen molar-refractivity contribution < 1.29 is 4.39 Å². The zero-order valence-corrected chi connectivity index (χ0v) is 15.7. The van der Waals surface area contributed by atoms with Gasteiger partial charge >= 0.3 is 0 Å². The van der Waals surface area contributed by atoms with Crippen LogP contribution in [0.5, 0.6) is 0 Å². The summed E-state index contributed by atoms with van der Waals surface area (Å²) in [6.45, 7) is 0. The van der Waals surface area contributed by atoms with E-state index in [1.54, 1.807) is 36.9 Å². The van der Waals surface area contributed by atoms with Gasteiger partial charge in [-0.05, 0) is 36.1 Å². The van der Waals surface area contributed by atoms with Crippen LogP contribution < -0.4 is 5.73 Å². The van der Waals surface area contributed by atoms with Crippen molar-refractivity contribution in [3.63, 3.8) is 0 Å². The fourth-order valence-corrected chi connectivity index (χ4v) is 3.33. The van der Waals surface area contributed by atoms with Crippen molar-refractivity contribution in [1.82, 2.24) is 24.9 Å². The van der Waals surface area contributed by atoms with Crippen molar-refractivity contribution in [3.05, 3.63) is 67.0 Å². The smallest absolute Gasteiger partial charge is 0.219 e. The third-order valence-electron chi connectivity index (χ3n) is 4.08. The van der Waals surface area contributed by atoms with Gasteiger partial charge in [-0.15, -0.1) is 11.8 Å². The van der Waals surface area contributed by atoms with Gasteiger partial charge in [-0.2, -0.15) is 0 Å². The van der Waals surface area contributed by atoms with Crippen LogP contribution in [0.3, 0.4) is 0 Å². The number of nitrogens with zero attached hydrogens (tertiary/aromatic N) is 5. The van der Waals surface area contributed by atoms with Crippen LogP contribution >= 0.6 is 11.8 Å². The third kappa shape index (κ3) is 3.54. The molecule has 0 radical (unpaired) electrons. The molecule has 0 aliphatic heterocycles. The molecule has 0 bridgehead atoms. The zero-order valence-electron chi connectivity index (χ0n) is 14.9. The molecular formula is C20H15FN6S. The van der Waals surface area contributed by atoms with Gasteiger partial charge in [0.2, 0.25) is 5.95 Å². The fraction of sp³-hybridized carbons (Fsp3) is 0.0500. The number of aromatic nitrogens is 5. The summed E-state index contributed by atoms with van der Waals surface area (Å²) in [5.41, 5.74) is 9.02. The van der Waals surface area contributed by atoms with E-state index in [2.05, 4.69) is 19.9 Å². The van der Waals surface area contributed by atoms with Crippen molar-refractivity contribution in [2.45, 2.75) is 5.03 Å². The number of hydrogen-bond donors (Lipinski definition) is 1. The molecule has 0 fully saturated rings. The standard InChI is InChI=1S/C20H15FN6S/c1-28-19-15(6-3-7-23-19)18-24-11-16(12-4-2-5-14(21)8-12)17(27-18)13-9-25-20(22)26-10-13/h2-11H,1H3,(H2,22,25,26). The number of nitrogens with two attached hydrogens (primary N) is 1. The molecule has 0 amide bonds. The summed E-state index contributed by atoms with van der Waals surface area (Å²) in [5.74, 6) is 0.352. The minimum atomic E-state index is -0.335. The number of rotatable bonds is 4. The monoisotopic (exact) mass is 390 g/mol. The molecule has 0 aliphatic rings. The zero-order chi connectivity index (χ0) is 19.5. The Bertz CT molecular complexity index is 1130. The highest BCUT2D eigenvalue weighted by atomic mass is 32.2. The van der Waals surface area contributed by atoms with E-state index in [1.807, 2.05) is 18.4 Å². The highest BCUT2D eigenvalue weighted by molar-refractivity contribution is 7.98. The first kappa shape index (κ1) is 18.0. The molecule has 8 heteroatoms. The van der Waals surface area contributed by atoms with Crippen LogP contribution in [0, 0.1) is 5.82 Å². The second-order valence-electron chi connectivity index (χ2n) is 5.86. The molecule has 138 valence electrons. The number of anilines is 1. The van der Waals surface area contributed by atoms with Gasteiger partial charge < -0.3 is 5.73 Å². The first-order valence-electron chi connectivity index (χ1n) is 8.36. The van der Waals surface area contributed by atoms with E-state index < -0.39 is 0 Å². The summed E-state index contributed by atoms with van der Waals surface area (Å²) in [6, 6.07) is 10.0. The largest absolute Gasteiger partial charge is 0.368 e. The Hall–Kier alpha value is -3.39. The van der Waals surface area contributed by atoms with E-state index in [0.717, 1.165) is 10.6 Å². The van der Waals surface area contributed by atoms with Gasteiger partial charge in [0.15, 0.2) is 5.82 Å². The van der Waals surface area contributed by atoms with Gasteiger partial charge in [0, 0.05) is 35.9 Å². The van der Waals surface area contributed by atoms with Crippen LogP contribution in [0.1, 0.15) is 0 Å². The Balaban J connectivity index is 1.94. The summed E-state index contributed by atoms with van der Waals surface area (Å²) in [6.07, 6.45) is 8.54. The van der Waals surface area contributed by atoms with E-state index in [0.29, 0.717) is 28.2 Å². The lowest BCUT2D eigenvalue weighted by atomic mass is 10.0. The third-order valence-corrected chi connectivity index (χ3v) is 4.79. The Morgan fingerprint density at radius 2 is 1.71 bits per heavy atom.